The van der Waals surface area contributed by atoms with Crippen LogP contribution >= 0.6 is 23.2 Å². The highest BCUT2D eigenvalue weighted by Crippen LogP contribution is 2.33. The number of hydrogen-bond donors (Lipinski definition) is 1. The Morgan fingerprint density at radius 2 is 1.54 bits per heavy atom. The third-order valence-electron chi connectivity index (χ3n) is 3.57. The Morgan fingerprint density at radius 1 is 0.885 bits per heavy atom. The van der Waals surface area contributed by atoms with Crippen molar-refractivity contribution in [1.82, 2.24) is 0 Å². The van der Waals surface area contributed by atoms with Gasteiger partial charge in [0, 0.05) is 10.0 Å². The molecule has 0 atom stereocenters. The summed E-state index contributed by atoms with van der Waals surface area (Å²) < 4.78 is 11.1. The summed E-state index contributed by atoms with van der Waals surface area (Å²) in [6.07, 6.45) is 0. The van der Waals surface area contributed by atoms with Crippen LogP contribution in [0.4, 0.5) is 5.69 Å². The van der Waals surface area contributed by atoms with Crippen LogP contribution < -0.4 is 14.8 Å². The van der Waals surface area contributed by atoms with Crippen molar-refractivity contribution in [3.05, 3.63) is 82.3 Å². The molecule has 0 heterocycles. The van der Waals surface area contributed by atoms with Crippen LogP contribution in [0.3, 0.4) is 0 Å². The van der Waals surface area contributed by atoms with Gasteiger partial charge in [0.2, 0.25) is 0 Å². The number of carbonyl (C=O) groups is 1. The van der Waals surface area contributed by atoms with Crippen LogP contribution in [-0.4, -0.2) is 13.0 Å². The first-order valence-electron chi connectivity index (χ1n) is 7.74. The van der Waals surface area contributed by atoms with E-state index in [-0.39, 0.29) is 5.91 Å². The number of ether oxygens (including phenoxy) is 2. The van der Waals surface area contributed by atoms with Gasteiger partial charge in [-0.2, -0.15) is 0 Å². The third-order valence-corrected chi connectivity index (χ3v) is 4.04. The molecule has 0 aromatic heterocycles. The molecule has 0 fully saturated rings. The molecule has 0 aliphatic carbocycles. The molecule has 0 saturated carbocycles. The molecule has 3 aromatic carbocycles. The molecule has 0 bridgehead atoms. The van der Waals surface area contributed by atoms with E-state index in [9.17, 15) is 4.79 Å². The van der Waals surface area contributed by atoms with Crippen LogP contribution in [0.5, 0.6) is 17.2 Å². The summed E-state index contributed by atoms with van der Waals surface area (Å²) in [6, 6.07) is 19.1. The summed E-state index contributed by atoms with van der Waals surface area (Å²) in [5, 5.41) is 3.71. The van der Waals surface area contributed by atoms with Crippen LogP contribution in [0.25, 0.3) is 0 Å². The van der Waals surface area contributed by atoms with Crippen molar-refractivity contribution in [3.63, 3.8) is 0 Å². The van der Waals surface area contributed by atoms with Gasteiger partial charge >= 0.3 is 0 Å². The standard InChI is InChI=1S/C20H15Cl2NO3/c1-25-18-9-7-13(21)11-16(18)20(24)23-17-12-14(22)8-10-19(17)26-15-5-3-2-4-6-15/h2-12H,1H3,(H,23,24). The quantitative estimate of drug-likeness (QED) is 0.579. The van der Waals surface area contributed by atoms with Crippen molar-refractivity contribution < 1.29 is 14.3 Å². The van der Waals surface area contributed by atoms with E-state index in [0.717, 1.165) is 0 Å². The first kappa shape index (κ1) is 18.1. The highest BCUT2D eigenvalue weighted by Gasteiger charge is 2.16. The van der Waals surface area contributed by atoms with E-state index in [1.165, 1.54) is 13.2 Å². The molecule has 3 aromatic rings. The zero-order valence-electron chi connectivity index (χ0n) is 13.8. The lowest BCUT2D eigenvalue weighted by molar-refractivity contribution is 0.102. The molecule has 0 spiro atoms. The molecule has 1 amide bonds. The molecule has 0 aliphatic heterocycles. The number of anilines is 1. The van der Waals surface area contributed by atoms with E-state index in [0.29, 0.717) is 38.5 Å². The Hall–Kier alpha value is -2.69. The fourth-order valence-electron chi connectivity index (χ4n) is 2.35. The molecular weight excluding hydrogens is 373 g/mol. The first-order chi connectivity index (χ1) is 12.6. The minimum absolute atomic E-state index is 0.311. The number of para-hydroxylation sites is 1. The molecule has 6 heteroatoms. The van der Waals surface area contributed by atoms with E-state index in [1.54, 1.807) is 30.3 Å². The van der Waals surface area contributed by atoms with Crippen LogP contribution in [0.2, 0.25) is 10.0 Å². The molecule has 0 unspecified atom stereocenters. The van der Waals surface area contributed by atoms with Gasteiger partial charge in [-0.1, -0.05) is 41.4 Å². The zero-order chi connectivity index (χ0) is 18.5. The second-order valence-corrected chi connectivity index (χ2v) is 6.23. The van der Waals surface area contributed by atoms with Crippen molar-refractivity contribution in [2.24, 2.45) is 0 Å². The minimum atomic E-state index is -0.385. The number of amides is 1. The predicted molar refractivity (Wildman–Crippen MR) is 104 cm³/mol. The Morgan fingerprint density at radius 3 is 2.23 bits per heavy atom. The number of rotatable bonds is 5. The van der Waals surface area contributed by atoms with Gasteiger partial charge in [0.1, 0.15) is 11.5 Å². The topological polar surface area (TPSA) is 47.6 Å². The highest BCUT2D eigenvalue weighted by molar-refractivity contribution is 6.31. The second kappa shape index (κ2) is 8.13. The molecule has 1 N–H and O–H groups in total. The van der Waals surface area contributed by atoms with Crippen LogP contribution in [-0.2, 0) is 0 Å². The van der Waals surface area contributed by atoms with E-state index < -0.39 is 0 Å². The smallest absolute Gasteiger partial charge is 0.259 e. The Kier molecular flexibility index (Phi) is 5.66. The third kappa shape index (κ3) is 4.28. The lowest BCUT2D eigenvalue weighted by atomic mass is 10.1. The molecule has 132 valence electrons. The molecule has 3 rings (SSSR count). The van der Waals surface area contributed by atoms with Crippen LogP contribution in [0.1, 0.15) is 10.4 Å². The van der Waals surface area contributed by atoms with Crippen molar-refractivity contribution in [2.45, 2.75) is 0 Å². The fraction of sp³-hybridized carbons (Fsp3) is 0.0500. The largest absolute Gasteiger partial charge is 0.496 e. The lowest BCUT2D eigenvalue weighted by Gasteiger charge is -2.14. The minimum Gasteiger partial charge on any atom is -0.496 e. The highest BCUT2D eigenvalue weighted by atomic mass is 35.5. The number of halogens is 2. The molecular formula is C20H15Cl2NO3. The van der Waals surface area contributed by atoms with Gasteiger partial charge in [-0.3, -0.25) is 4.79 Å². The summed E-state index contributed by atoms with van der Waals surface area (Å²) in [6.45, 7) is 0. The van der Waals surface area contributed by atoms with E-state index >= 15 is 0 Å². The average molecular weight is 388 g/mol. The normalized spacial score (nSPS) is 10.3. The van der Waals surface area contributed by atoms with E-state index in [1.807, 2.05) is 30.3 Å². The van der Waals surface area contributed by atoms with Crippen LogP contribution in [0.15, 0.2) is 66.7 Å². The van der Waals surface area contributed by atoms with Gasteiger partial charge in [-0.15, -0.1) is 0 Å². The Labute approximate surface area is 161 Å². The Bertz CT molecular complexity index is 930. The number of nitrogens with one attached hydrogen (secondary N) is 1. The van der Waals surface area contributed by atoms with Gasteiger partial charge in [0.15, 0.2) is 5.75 Å². The number of carbonyl (C=O) groups excluding carboxylic acids is 1. The van der Waals surface area contributed by atoms with Gasteiger partial charge < -0.3 is 14.8 Å². The summed E-state index contributed by atoms with van der Waals surface area (Å²) >= 11 is 12.1. The van der Waals surface area contributed by atoms with Gasteiger partial charge in [-0.05, 0) is 48.5 Å². The zero-order valence-corrected chi connectivity index (χ0v) is 15.3. The van der Waals surface area contributed by atoms with E-state index in [2.05, 4.69) is 5.32 Å². The van der Waals surface area contributed by atoms with Crippen molar-refractivity contribution in [2.75, 3.05) is 12.4 Å². The SMILES string of the molecule is COc1ccc(Cl)cc1C(=O)Nc1cc(Cl)ccc1Oc1ccccc1. The first-order valence-corrected chi connectivity index (χ1v) is 8.50. The van der Waals surface area contributed by atoms with Crippen molar-refractivity contribution in [1.29, 1.82) is 0 Å². The maximum absolute atomic E-state index is 12.7. The van der Waals surface area contributed by atoms with Gasteiger partial charge in [0.05, 0.1) is 18.4 Å². The lowest BCUT2D eigenvalue weighted by Crippen LogP contribution is -2.14. The molecule has 0 saturated heterocycles. The fourth-order valence-corrected chi connectivity index (χ4v) is 2.70. The summed E-state index contributed by atoms with van der Waals surface area (Å²) in [5.41, 5.74) is 0.749. The summed E-state index contributed by atoms with van der Waals surface area (Å²) in [5.74, 6) is 1.14. The van der Waals surface area contributed by atoms with E-state index in [4.69, 9.17) is 32.7 Å². The van der Waals surface area contributed by atoms with Crippen molar-refractivity contribution in [3.8, 4) is 17.2 Å². The molecule has 0 aliphatic rings. The maximum Gasteiger partial charge on any atom is 0.259 e. The average Bonchev–Trinajstić information content (AvgIpc) is 2.64. The number of benzene rings is 3. The van der Waals surface area contributed by atoms with Crippen LogP contribution in [0, 0.1) is 0 Å². The maximum atomic E-state index is 12.7. The number of hydrogen-bond acceptors (Lipinski definition) is 3. The molecule has 26 heavy (non-hydrogen) atoms. The summed E-state index contributed by atoms with van der Waals surface area (Å²) in [4.78, 5) is 12.7. The molecule has 4 nitrogen and oxygen atoms in total. The number of methoxy groups -OCH3 is 1. The summed E-state index contributed by atoms with van der Waals surface area (Å²) in [7, 11) is 1.49. The monoisotopic (exact) mass is 387 g/mol. The predicted octanol–water partition coefficient (Wildman–Crippen LogP) is 6.05. The Balaban J connectivity index is 1.91. The van der Waals surface area contributed by atoms with Gasteiger partial charge in [-0.25, -0.2) is 0 Å². The second-order valence-electron chi connectivity index (χ2n) is 5.35. The van der Waals surface area contributed by atoms with Gasteiger partial charge in [0.25, 0.3) is 5.91 Å². The molecule has 0 radical (unpaired) electrons. The van der Waals surface area contributed by atoms with Crippen molar-refractivity contribution >= 4 is 34.8 Å².